The second-order valence-electron chi connectivity index (χ2n) is 8.23. The smallest absolute Gasteiger partial charge is 0.326 e. The topological polar surface area (TPSA) is 144 Å². The van der Waals surface area contributed by atoms with Crippen LogP contribution in [0.2, 0.25) is 0 Å². The van der Waals surface area contributed by atoms with Gasteiger partial charge < -0.3 is 16.0 Å². The Morgan fingerprint density at radius 3 is 2.65 bits per heavy atom. The summed E-state index contributed by atoms with van der Waals surface area (Å²) in [7, 11) is -3.82. The fourth-order valence-electron chi connectivity index (χ4n) is 3.51. The van der Waals surface area contributed by atoms with Crippen LogP contribution in [0.15, 0.2) is 65.8 Å². The average Bonchev–Trinajstić information content (AvgIpc) is 3.51. The summed E-state index contributed by atoms with van der Waals surface area (Å²) >= 11 is 0. The molecule has 10 nitrogen and oxygen atoms in total. The van der Waals surface area contributed by atoms with Crippen molar-refractivity contribution in [3.05, 3.63) is 66.5 Å². The molecule has 174 valence electrons. The predicted molar refractivity (Wildman–Crippen MR) is 130 cm³/mol. The van der Waals surface area contributed by atoms with Crippen LogP contribution in [0.1, 0.15) is 18.4 Å². The third kappa shape index (κ3) is 4.70. The van der Waals surface area contributed by atoms with Crippen molar-refractivity contribution in [1.82, 2.24) is 19.9 Å². The summed E-state index contributed by atoms with van der Waals surface area (Å²) in [6.07, 6.45) is 5.50. The van der Waals surface area contributed by atoms with Crippen LogP contribution < -0.4 is 21.1 Å². The van der Waals surface area contributed by atoms with Gasteiger partial charge in [-0.2, -0.15) is 4.98 Å². The average molecular weight is 478 g/mol. The fraction of sp³-hybridized carbons (Fsp3) is 0.174. The number of hydrogen-bond donors (Lipinski definition) is 4. The molecule has 2 aromatic carbocycles. The Hall–Kier alpha value is -3.96. The van der Waals surface area contributed by atoms with Gasteiger partial charge in [0, 0.05) is 40.8 Å². The molecule has 11 heteroatoms. The molecular weight excluding hydrogens is 454 g/mol. The molecule has 0 radical (unpaired) electrons. The zero-order chi connectivity index (χ0) is 23.9. The quantitative estimate of drug-likeness (QED) is 0.332. The Morgan fingerprint density at radius 2 is 1.88 bits per heavy atom. The molecule has 4 aromatic rings. The van der Waals surface area contributed by atoms with Crippen molar-refractivity contribution >= 4 is 50.1 Å². The Morgan fingerprint density at radius 1 is 1.09 bits per heavy atom. The first kappa shape index (κ1) is 21.9. The maximum absolute atomic E-state index is 12.4. The van der Waals surface area contributed by atoms with Crippen molar-refractivity contribution in [1.29, 1.82) is 0 Å². The number of primary sulfonamides is 1. The van der Waals surface area contributed by atoms with E-state index in [0.717, 1.165) is 35.0 Å². The number of nitrogens with zero attached hydrogens (tertiary/aromatic N) is 3. The Kier molecular flexibility index (Phi) is 5.42. The van der Waals surface area contributed by atoms with Gasteiger partial charge in [0.25, 0.3) is 0 Å². The zero-order valence-corrected chi connectivity index (χ0v) is 19.1. The van der Waals surface area contributed by atoms with E-state index in [-0.39, 0.29) is 17.0 Å². The van der Waals surface area contributed by atoms with E-state index in [1.807, 2.05) is 31.2 Å². The van der Waals surface area contributed by atoms with Crippen LogP contribution in [-0.4, -0.2) is 35.0 Å². The van der Waals surface area contributed by atoms with Gasteiger partial charge in [-0.1, -0.05) is 6.07 Å². The monoisotopic (exact) mass is 477 g/mol. The molecule has 0 atom stereocenters. The van der Waals surface area contributed by atoms with E-state index in [2.05, 4.69) is 25.9 Å². The molecule has 1 aliphatic rings. The van der Waals surface area contributed by atoms with Crippen LogP contribution in [0.4, 0.5) is 27.9 Å². The van der Waals surface area contributed by atoms with Crippen molar-refractivity contribution in [2.75, 3.05) is 10.6 Å². The molecule has 1 amide bonds. The molecule has 5 N–H and O–H groups in total. The Bertz CT molecular complexity index is 1510. The lowest BCUT2D eigenvalue weighted by Crippen LogP contribution is -2.29. The summed E-state index contributed by atoms with van der Waals surface area (Å²) in [4.78, 5) is 21.2. The van der Waals surface area contributed by atoms with Crippen LogP contribution in [0.3, 0.4) is 0 Å². The second kappa shape index (κ2) is 8.43. The first-order valence-electron chi connectivity index (χ1n) is 10.7. The number of hydrogen-bond acceptors (Lipinski definition) is 7. The highest BCUT2D eigenvalue weighted by Gasteiger charge is 2.24. The number of anilines is 4. The second-order valence-corrected chi connectivity index (χ2v) is 9.79. The summed E-state index contributed by atoms with van der Waals surface area (Å²) in [6.45, 7) is 1.88. The molecule has 1 aliphatic carbocycles. The van der Waals surface area contributed by atoms with Gasteiger partial charge in [0.2, 0.25) is 16.0 Å². The molecule has 0 saturated heterocycles. The molecule has 5 rings (SSSR count). The highest BCUT2D eigenvalue weighted by Crippen LogP contribution is 2.26. The van der Waals surface area contributed by atoms with Crippen molar-refractivity contribution in [2.45, 2.75) is 30.7 Å². The van der Waals surface area contributed by atoms with Crippen LogP contribution in [-0.2, 0) is 10.0 Å². The molecular formula is C23H23N7O3S. The predicted octanol–water partition coefficient (Wildman–Crippen LogP) is 3.59. The minimum Gasteiger partial charge on any atom is -0.340 e. The van der Waals surface area contributed by atoms with Crippen molar-refractivity contribution in [2.24, 2.45) is 5.14 Å². The lowest BCUT2D eigenvalue weighted by molar-refractivity contribution is 0.243. The number of aryl methyl sites for hydroxylation is 1. The van der Waals surface area contributed by atoms with E-state index in [4.69, 9.17) is 5.14 Å². The summed E-state index contributed by atoms with van der Waals surface area (Å²) in [5, 5.41) is 15.4. The molecule has 0 unspecified atom stereocenters. The first-order valence-corrected chi connectivity index (χ1v) is 12.2. The van der Waals surface area contributed by atoms with Gasteiger partial charge >= 0.3 is 6.03 Å². The van der Waals surface area contributed by atoms with Crippen LogP contribution >= 0.6 is 0 Å². The summed E-state index contributed by atoms with van der Waals surface area (Å²) in [5.74, 6) is 0.883. The van der Waals surface area contributed by atoms with Crippen molar-refractivity contribution < 1.29 is 13.2 Å². The van der Waals surface area contributed by atoms with Crippen molar-refractivity contribution in [3.63, 3.8) is 0 Å². The number of benzene rings is 2. The minimum absolute atomic E-state index is 0.00554. The standard InChI is InChI=1S/C23H23N7O3S/c1-14-13-25-22(27-17-3-2-4-19(12-17)34(24,32)33)29-21(14)26-18-7-8-20-15(11-18)9-10-30(20)23(31)28-16-5-6-16/h2-4,7-13,16H,5-6H2,1H3,(H,28,31)(H2,24,32,33)(H2,25,26,27,29). The van der Waals surface area contributed by atoms with Gasteiger partial charge in [-0.05, 0) is 62.2 Å². The number of carbonyl (C=O) groups is 1. The molecule has 1 fully saturated rings. The van der Waals surface area contributed by atoms with E-state index < -0.39 is 10.0 Å². The van der Waals surface area contributed by atoms with Crippen molar-refractivity contribution in [3.8, 4) is 0 Å². The van der Waals surface area contributed by atoms with E-state index in [9.17, 15) is 13.2 Å². The largest absolute Gasteiger partial charge is 0.340 e. The van der Waals surface area contributed by atoms with Gasteiger partial charge in [-0.25, -0.2) is 23.3 Å². The van der Waals surface area contributed by atoms with Gasteiger partial charge in [0.05, 0.1) is 10.4 Å². The lowest BCUT2D eigenvalue weighted by atomic mass is 10.2. The number of nitrogens with one attached hydrogen (secondary N) is 3. The number of aromatic nitrogens is 3. The zero-order valence-electron chi connectivity index (χ0n) is 18.3. The Labute approximate surface area is 196 Å². The summed E-state index contributed by atoms with van der Waals surface area (Å²) in [5.41, 5.74) is 2.94. The number of amides is 1. The molecule has 2 aromatic heterocycles. The van der Waals surface area contributed by atoms with Gasteiger partial charge in [-0.15, -0.1) is 0 Å². The molecule has 0 bridgehead atoms. The van der Waals surface area contributed by atoms with Crippen LogP contribution in [0.5, 0.6) is 0 Å². The third-order valence-corrected chi connectivity index (χ3v) is 6.38. The number of nitrogens with two attached hydrogens (primary N) is 1. The van der Waals surface area contributed by atoms with Gasteiger partial charge in [0.1, 0.15) is 5.82 Å². The van der Waals surface area contributed by atoms with E-state index in [1.54, 1.807) is 29.1 Å². The molecule has 2 heterocycles. The number of rotatable bonds is 6. The number of carbonyl (C=O) groups excluding carboxylic acids is 1. The highest BCUT2D eigenvalue weighted by molar-refractivity contribution is 7.89. The van der Waals surface area contributed by atoms with E-state index in [0.29, 0.717) is 17.5 Å². The Balaban J connectivity index is 1.36. The molecule has 0 spiro atoms. The highest BCUT2D eigenvalue weighted by atomic mass is 32.2. The lowest BCUT2D eigenvalue weighted by Gasteiger charge is -2.12. The number of fused-ring (bicyclic) bond motifs is 1. The maximum atomic E-state index is 12.4. The molecule has 1 saturated carbocycles. The molecule has 0 aliphatic heterocycles. The van der Waals surface area contributed by atoms with Gasteiger partial charge in [-0.3, -0.25) is 4.57 Å². The third-order valence-electron chi connectivity index (χ3n) is 5.47. The summed E-state index contributed by atoms with van der Waals surface area (Å²) < 4.78 is 24.8. The normalized spacial score (nSPS) is 13.6. The van der Waals surface area contributed by atoms with E-state index >= 15 is 0 Å². The molecule has 34 heavy (non-hydrogen) atoms. The van der Waals surface area contributed by atoms with Crippen LogP contribution in [0, 0.1) is 6.92 Å². The first-order chi connectivity index (χ1) is 16.3. The summed E-state index contributed by atoms with van der Waals surface area (Å²) in [6, 6.07) is 13.9. The number of sulfonamides is 1. The van der Waals surface area contributed by atoms with E-state index in [1.165, 1.54) is 12.1 Å². The minimum atomic E-state index is -3.82. The van der Waals surface area contributed by atoms with Crippen LogP contribution in [0.25, 0.3) is 10.9 Å². The SMILES string of the molecule is Cc1cnc(Nc2cccc(S(N)(=O)=O)c2)nc1Nc1ccc2c(ccn2C(=O)NC2CC2)c1. The maximum Gasteiger partial charge on any atom is 0.326 e. The van der Waals surface area contributed by atoms with Gasteiger partial charge in [0.15, 0.2) is 0 Å². The fourth-order valence-corrected chi connectivity index (χ4v) is 4.07.